The third-order valence-electron chi connectivity index (χ3n) is 6.56. The summed E-state index contributed by atoms with van der Waals surface area (Å²) in [5, 5.41) is 5.05. The number of hydrogen-bond donors (Lipinski definition) is 1. The van der Waals surface area contributed by atoms with E-state index in [-0.39, 0.29) is 18.8 Å². The van der Waals surface area contributed by atoms with Crippen LogP contribution in [0.5, 0.6) is 0 Å². The minimum Gasteiger partial charge on any atom is -0.383 e. The summed E-state index contributed by atoms with van der Waals surface area (Å²) >= 11 is 0. The number of nitrogens with two attached hydrogens (primary N) is 1. The molecule has 36 heavy (non-hydrogen) atoms. The number of amides is 1. The number of aryl methyl sites for hydroxylation is 2. The van der Waals surface area contributed by atoms with E-state index in [9.17, 15) is 13.6 Å². The lowest BCUT2D eigenvalue weighted by Gasteiger charge is -2.21. The SMILES string of the molecule is C=CC(=O)N1C[C@@H](n2nc(C#Cc3cc4ncn(CC)c4cc3C)c3c(N)ncnc32)C[C@@H]1C(F)F. The predicted octanol–water partition coefficient (Wildman–Crippen LogP) is 3.08. The summed E-state index contributed by atoms with van der Waals surface area (Å²) in [5.41, 5.74) is 10.5. The second kappa shape index (κ2) is 9.03. The molecule has 1 saturated heterocycles. The second-order valence-corrected chi connectivity index (χ2v) is 8.67. The Labute approximate surface area is 205 Å². The number of halogens is 2. The van der Waals surface area contributed by atoms with Crippen LogP contribution in [0, 0.1) is 18.8 Å². The lowest BCUT2D eigenvalue weighted by molar-refractivity contribution is -0.129. The highest BCUT2D eigenvalue weighted by Gasteiger charge is 2.41. The van der Waals surface area contributed by atoms with E-state index >= 15 is 0 Å². The number of nitrogen functional groups attached to an aromatic ring is 1. The molecule has 1 amide bonds. The van der Waals surface area contributed by atoms with Crippen molar-refractivity contribution in [1.29, 1.82) is 0 Å². The number of benzene rings is 1. The maximum absolute atomic E-state index is 13.7. The molecule has 0 radical (unpaired) electrons. The number of fused-ring (bicyclic) bond motifs is 2. The highest BCUT2D eigenvalue weighted by molar-refractivity contribution is 5.91. The third kappa shape index (κ3) is 3.84. The van der Waals surface area contributed by atoms with Gasteiger partial charge in [-0.3, -0.25) is 4.79 Å². The quantitative estimate of drug-likeness (QED) is 0.348. The maximum atomic E-state index is 13.7. The largest absolute Gasteiger partial charge is 0.383 e. The van der Waals surface area contributed by atoms with Gasteiger partial charge in [0.25, 0.3) is 6.43 Å². The van der Waals surface area contributed by atoms with Gasteiger partial charge >= 0.3 is 0 Å². The number of carbonyl (C=O) groups is 1. The van der Waals surface area contributed by atoms with Crippen LogP contribution in [0.1, 0.15) is 36.2 Å². The molecule has 0 spiro atoms. The highest BCUT2D eigenvalue weighted by Crippen LogP contribution is 2.34. The number of alkyl halides is 2. The number of rotatable bonds is 4. The molecule has 3 aromatic heterocycles. The number of carbonyl (C=O) groups excluding carboxylic acids is 1. The molecule has 1 aliphatic heterocycles. The molecule has 0 saturated carbocycles. The number of nitrogens with zero attached hydrogens (tertiary/aromatic N) is 7. The Morgan fingerprint density at radius 2 is 2.11 bits per heavy atom. The van der Waals surface area contributed by atoms with Crippen molar-refractivity contribution in [3.63, 3.8) is 0 Å². The molecule has 5 rings (SSSR count). The summed E-state index contributed by atoms with van der Waals surface area (Å²) in [6, 6.07) is 2.19. The van der Waals surface area contributed by atoms with Gasteiger partial charge in [0.1, 0.15) is 17.8 Å². The fourth-order valence-corrected chi connectivity index (χ4v) is 4.69. The van der Waals surface area contributed by atoms with Crippen LogP contribution < -0.4 is 5.73 Å². The Balaban J connectivity index is 1.57. The predicted molar refractivity (Wildman–Crippen MR) is 131 cm³/mol. The lowest BCUT2D eigenvalue weighted by atomic mass is 10.1. The molecule has 4 heterocycles. The summed E-state index contributed by atoms with van der Waals surface area (Å²) in [5.74, 6) is 5.86. The molecular formula is C25H24F2N8O. The highest BCUT2D eigenvalue weighted by atomic mass is 19.3. The zero-order chi connectivity index (χ0) is 25.6. The fourth-order valence-electron chi connectivity index (χ4n) is 4.69. The third-order valence-corrected chi connectivity index (χ3v) is 6.56. The Morgan fingerprint density at radius 3 is 2.83 bits per heavy atom. The monoisotopic (exact) mass is 490 g/mol. The first-order valence-corrected chi connectivity index (χ1v) is 11.5. The van der Waals surface area contributed by atoms with Crippen molar-refractivity contribution >= 4 is 33.8 Å². The molecule has 1 aliphatic rings. The van der Waals surface area contributed by atoms with Crippen LogP contribution in [0.2, 0.25) is 0 Å². The molecule has 1 aromatic carbocycles. The van der Waals surface area contributed by atoms with Crippen molar-refractivity contribution in [2.45, 2.75) is 45.3 Å². The first kappa shape index (κ1) is 23.4. The van der Waals surface area contributed by atoms with Gasteiger partial charge in [0.2, 0.25) is 5.91 Å². The van der Waals surface area contributed by atoms with E-state index in [0.29, 0.717) is 16.7 Å². The summed E-state index contributed by atoms with van der Waals surface area (Å²) in [7, 11) is 0. The van der Waals surface area contributed by atoms with E-state index in [1.807, 2.05) is 19.1 Å². The Hall–Kier alpha value is -4.33. The van der Waals surface area contributed by atoms with Crippen LogP contribution in [0.4, 0.5) is 14.6 Å². The molecule has 4 aromatic rings. The summed E-state index contributed by atoms with van der Waals surface area (Å²) in [6.07, 6.45) is 1.44. The van der Waals surface area contributed by atoms with Gasteiger partial charge in [0.15, 0.2) is 5.65 Å². The van der Waals surface area contributed by atoms with Gasteiger partial charge in [0.05, 0.1) is 34.8 Å². The smallest absolute Gasteiger partial charge is 0.258 e. The van der Waals surface area contributed by atoms with E-state index in [0.717, 1.165) is 39.7 Å². The summed E-state index contributed by atoms with van der Waals surface area (Å²) in [6.45, 7) is 8.31. The minimum absolute atomic E-state index is 0.0145. The van der Waals surface area contributed by atoms with E-state index in [1.165, 1.54) is 11.0 Å². The van der Waals surface area contributed by atoms with Gasteiger partial charge in [-0.1, -0.05) is 12.5 Å². The van der Waals surface area contributed by atoms with Gasteiger partial charge < -0.3 is 15.2 Å². The van der Waals surface area contributed by atoms with Crippen molar-refractivity contribution in [2.24, 2.45) is 0 Å². The van der Waals surface area contributed by atoms with Gasteiger partial charge in [-0.15, -0.1) is 0 Å². The Bertz CT molecular complexity index is 1560. The van der Waals surface area contributed by atoms with Crippen LogP contribution in [0.25, 0.3) is 22.1 Å². The second-order valence-electron chi connectivity index (χ2n) is 8.67. The zero-order valence-electron chi connectivity index (χ0n) is 19.8. The van der Waals surface area contributed by atoms with Crippen molar-refractivity contribution in [3.05, 3.63) is 54.3 Å². The van der Waals surface area contributed by atoms with E-state index in [4.69, 9.17) is 5.73 Å². The number of imidazole rings is 1. The van der Waals surface area contributed by atoms with Gasteiger partial charge in [-0.2, -0.15) is 5.10 Å². The zero-order valence-corrected chi connectivity index (χ0v) is 19.8. The average molecular weight is 491 g/mol. The number of anilines is 1. The van der Waals surface area contributed by atoms with Crippen molar-refractivity contribution in [1.82, 2.24) is 34.2 Å². The molecule has 0 aliphatic carbocycles. The van der Waals surface area contributed by atoms with Crippen molar-refractivity contribution < 1.29 is 13.6 Å². The van der Waals surface area contributed by atoms with Crippen molar-refractivity contribution in [3.8, 4) is 11.8 Å². The topological polar surface area (TPSA) is 108 Å². The molecule has 0 bridgehead atoms. The molecule has 1 fully saturated rings. The lowest BCUT2D eigenvalue weighted by Crippen LogP contribution is -2.38. The van der Waals surface area contributed by atoms with E-state index < -0.39 is 24.4 Å². The number of aromatic nitrogens is 6. The van der Waals surface area contributed by atoms with E-state index in [2.05, 4.69) is 50.0 Å². The number of likely N-dealkylation sites (tertiary alicyclic amines) is 1. The normalized spacial score (nSPS) is 17.6. The van der Waals surface area contributed by atoms with Crippen LogP contribution in [-0.4, -0.2) is 59.1 Å². The van der Waals surface area contributed by atoms with Gasteiger partial charge in [0, 0.05) is 18.7 Å². The molecule has 11 heteroatoms. The van der Waals surface area contributed by atoms with Crippen molar-refractivity contribution in [2.75, 3.05) is 12.3 Å². The fraction of sp³-hybridized carbons (Fsp3) is 0.320. The molecule has 184 valence electrons. The summed E-state index contributed by atoms with van der Waals surface area (Å²) in [4.78, 5) is 26.2. The molecular weight excluding hydrogens is 466 g/mol. The molecule has 2 atom stereocenters. The maximum Gasteiger partial charge on any atom is 0.258 e. The molecule has 0 unspecified atom stereocenters. The summed E-state index contributed by atoms with van der Waals surface area (Å²) < 4.78 is 31.0. The van der Waals surface area contributed by atoms with Crippen LogP contribution in [0.15, 0.2) is 37.4 Å². The Morgan fingerprint density at radius 1 is 1.31 bits per heavy atom. The average Bonchev–Trinajstić information content (AvgIpc) is 3.57. The van der Waals surface area contributed by atoms with E-state index in [1.54, 1.807) is 6.33 Å². The van der Waals surface area contributed by atoms with Crippen LogP contribution >= 0.6 is 0 Å². The van der Waals surface area contributed by atoms with Crippen LogP contribution in [0.3, 0.4) is 0 Å². The minimum atomic E-state index is -2.70. The standard InChI is InChI=1S/C25H24F2N8O/c1-4-21(36)34-11-16(10-20(34)23(26)27)35-25-22(24(28)29-12-30-25)17(32-35)7-6-15-9-18-19(8-14(15)3)33(5-2)13-31-18/h4,8-9,12-13,16,20,23H,1,5,10-11H2,2-3H3,(H2,28,29,30)/t16-,20+/m0/s1. The first-order valence-electron chi connectivity index (χ1n) is 11.5. The van der Waals surface area contributed by atoms with Crippen LogP contribution in [-0.2, 0) is 11.3 Å². The Kier molecular flexibility index (Phi) is 5.88. The molecule has 2 N–H and O–H groups in total. The van der Waals surface area contributed by atoms with Gasteiger partial charge in [-0.05, 0) is 50.0 Å². The molecule has 9 nitrogen and oxygen atoms in total. The first-order chi connectivity index (χ1) is 17.3. The van der Waals surface area contributed by atoms with Gasteiger partial charge in [-0.25, -0.2) is 28.4 Å². The number of hydrogen-bond acceptors (Lipinski definition) is 6.